The first-order chi connectivity index (χ1) is 3.13. The van der Waals surface area contributed by atoms with Crippen LogP contribution in [-0.2, 0) is 0 Å². The van der Waals surface area contributed by atoms with Gasteiger partial charge in [-0.15, -0.1) is 0 Å². The van der Waals surface area contributed by atoms with Gasteiger partial charge in [0.1, 0.15) is 6.92 Å². The van der Waals surface area contributed by atoms with Gasteiger partial charge in [-0.1, -0.05) is 0 Å². The van der Waals surface area contributed by atoms with Crippen LogP contribution in [0.2, 0.25) is 0 Å². The van der Waals surface area contributed by atoms with Crippen LogP contribution in [0, 0.1) is 5.92 Å². The molecule has 1 heteroatoms. The highest BCUT2D eigenvalue weighted by Crippen LogP contribution is 1.98. The Bertz CT molecular complexity index is 68.2. The van der Waals surface area contributed by atoms with Crippen molar-refractivity contribution in [1.82, 2.24) is 0 Å². The molecule has 0 aliphatic rings. The average molecular weight is 100 g/mol. The predicted octanol–water partition coefficient (Wildman–Crippen LogP) is 1.23. The van der Waals surface area contributed by atoms with E-state index in [9.17, 15) is 0 Å². The summed E-state index contributed by atoms with van der Waals surface area (Å²) in [5, 5.41) is 6.95. The zero-order valence-corrected chi connectivity index (χ0v) is 5.08. The van der Waals surface area contributed by atoms with Crippen LogP contribution in [0.1, 0.15) is 20.8 Å². The van der Waals surface area contributed by atoms with E-state index in [1.54, 1.807) is 6.92 Å². The Morgan fingerprint density at radius 2 is 2.00 bits per heavy atom. The molecule has 0 bridgehead atoms. The van der Waals surface area contributed by atoms with Gasteiger partial charge in [0, 0.05) is 13.8 Å². The molecule has 0 atom stereocenters. The summed E-state index contributed by atoms with van der Waals surface area (Å²) in [7, 11) is 0. The Morgan fingerprint density at radius 1 is 1.57 bits per heavy atom. The summed E-state index contributed by atoms with van der Waals surface area (Å²) in [6.07, 6.45) is 1.83. The van der Waals surface area contributed by atoms with Crippen molar-refractivity contribution in [3.05, 3.63) is 17.8 Å². The highest BCUT2D eigenvalue weighted by atomic mass is 16.3. The SMILES string of the molecule is C/C([OH2+])=C/[C+](C)C. The highest BCUT2D eigenvalue weighted by molar-refractivity contribution is 5.05. The molecule has 0 aromatic carbocycles. The molecular formula is C6H12O+2. The van der Waals surface area contributed by atoms with Gasteiger partial charge in [0.15, 0.2) is 6.08 Å². The summed E-state index contributed by atoms with van der Waals surface area (Å²) in [6.45, 7) is 5.74. The van der Waals surface area contributed by atoms with E-state index < -0.39 is 0 Å². The predicted molar refractivity (Wildman–Crippen MR) is 32.0 cm³/mol. The molecular weight excluding hydrogens is 88.1 g/mol. The molecule has 40 valence electrons. The largest absolute Gasteiger partial charge is 0.516 e. The first-order valence-electron chi connectivity index (χ1n) is 2.33. The molecule has 0 fully saturated rings. The maximum atomic E-state index is 6.95. The van der Waals surface area contributed by atoms with Gasteiger partial charge in [-0.3, -0.25) is 0 Å². The number of rotatable bonds is 1. The van der Waals surface area contributed by atoms with Crippen LogP contribution in [0.5, 0.6) is 0 Å². The van der Waals surface area contributed by atoms with Crippen LogP contribution in [-0.4, -0.2) is 5.11 Å². The van der Waals surface area contributed by atoms with Crippen LogP contribution < -0.4 is 0 Å². The standard InChI is InChI=1S/C6H10O/c1-5(2)4-6(3)7/h4H,1-3H3/p+2/b6-4-. The molecule has 0 rings (SSSR count). The molecule has 0 radical (unpaired) electrons. The topological polar surface area (TPSA) is 22.9 Å². The van der Waals surface area contributed by atoms with Crippen LogP contribution in [0.15, 0.2) is 11.8 Å². The summed E-state index contributed by atoms with van der Waals surface area (Å²) in [5.74, 6) is 1.81. The Balaban J connectivity index is 3.45. The molecule has 0 aromatic heterocycles. The van der Waals surface area contributed by atoms with Gasteiger partial charge < -0.3 is 5.11 Å². The summed E-state index contributed by atoms with van der Waals surface area (Å²) in [4.78, 5) is 0. The van der Waals surface area contributed by atoms with Crippen molar-refractivity contribution in [3.8, 4) is 0 Å². The molecule has 7 heavy (non-hydrogen) atoms. The fourth-order valence-corrected chi connectivity index (χ4v) is 0.433. The number of hydrogen-bond acceptors (Lipinski definition) is 0. The third-order valence-electron chi connectivity index (χ3n) is 0.505. The molecule has 0 amide bonds. The van der Waals surface area contributed by atoms with Gasteiger partial charge >= 0.3 is 5.76 Å². The van der Waals surface area contributed by atoms with Crippen LogP contribution in [0.25, 0.3) is 0 Å². The maximum absolute atomic E-state index is 6.95. The first-order valence-corrected chi connectivity index (χ1v) is 2.33. The Morgan fingerprint density at radius 3 is 2.00 bits per heavy atom. The van der Waals surface area contributed by atoms with Crippen molar-refractivity contribution in [2.45, 2.75) is 20.8 Å². The second-order valence-corrected chi connectivity index (χ2v) is 1.90. The zero-order valence-electron chi connectivity index (χ0n) is 5.08. The second kappa shape index (κ2) is 2.56. The van der Waals surface area contributed by atoms with Crippen molar-refractivity contribution in [3.63, 3.8) is 0 Å². The molecule has 0 aliphatic heterocycles. The van der Waals surface area contributed by atoms with Crippen LogP contribution in [0.4, 0.5) is 0 Å². The smallest absolute Gasteiger partial charge is 0.352 e. The lowest BCUT2D eigenvalue weighted by molar-refractivity contribution is 0.413. The highest BCUT2D eigenvalue weighted by Gasteiger charge is 1.99. The molecule has 0 spiro atoms. The van der Waals surface area contributed by atoms with Crippen LogP contribution in [0.3, 0.4) is 0 Å². The first kappa shape index (κ1) is 6.41. The molecule has 2 N–H and O–H groups in total. The average Bonchev–Trinajstić information content (AvgIpc) is 1.27. The lowest BCUT2D eigenvalue weighted by atomic mass is 10.2. The molecule has 1 nitrogen and oxygen atoms in total. The van der Waals surface area contributed by atoms with Gasteiger partial charge in [0.05, 0.1) is 5.92 Å². The van der Waals surface area contributed by atoms with Crippen molar-refractivity contribution in [2.24, 2.45) is 0 Å². The fourth-order valence-electron chi connectivity index (χ4n) is 0.433. The van der Waals surface area contributed by atoms with Gasteiger partial charge in [-0.05, 0) is 0 Å². The van der Waals surface area contributed by atoms with E-state index in [4.69, 9.17) is 5.11 Å². The minimum atomic E-state index is 0.625. The molecule has 0 saturated carbocycles. The van der Waals surface area contributed by atoms with Crippen molar-refractivity contribution in [1.29, 1.82) is 0 Å². The van der Waals surface area contributed by atoms with E-state index in [1.165, 1.54) is 5.92 Å². The lowest BCUT2D eigenvalue weighted by Gasteiger charge is -1.78. The summed E-state index contributed by atoms with van der Waals surface area (Å²) >= 11 is 0. The summed E-state index contributed by atoms with van der Waals surface area (Å²) in [5.41, 5.74) is 0. The van der Waals surface area contributed by atoms with E-state index in [0.717, 1.165) is 0 Å². The molecule has 0 aliphatic carbocycles. The molecule has 0 unspecified atom stereocenters. The monoisotopic (exact) mass is 100 g/mol. The number of hydrogen-bond donors (Lipinski definition) is 0. The number of allylic oxidation sites excluding steroid dienone is 2. The van der Waals surface area contributed by atoms with Gasteiger partial charge in [-0.2, -0.15) is 0 Å². The summed E-state index contributed by atoms with van der Waals surface area (Å²) in [6, 6.07) is 0. The van der Waals surface area contributed by atoms with E-state index in [-0.39, 0.29) is 0 Å². The molecule has 0 saturated heterocycles. The Kier molecular flexibility index (Phi) is 2.34. The van der Waals surface area contributed by atoms with Crippen LogP contribution >= 0.6 is 0 Å². The van der Waals surface area contributed by atoms with E-state index in [0.29, 0.717) is 5.76 Å². The maximum Gasteiger partial charge on any atom is 0.352 e. The Labute approximate surface area is 44.7 Å². The fraction of sp³-hybridized carbons (Fsp3) is 0.500. The van der Waals surface area contributed by atoms with E-state index >= 15 is 0 Å². The lowest BCUT2D eigenvalue weighted by Crippen LogP contribution is -1.77. The van der Waals surface area contributed by atoms with Crippen molar-refractivity contribution in [2.75, 3.05) is 0 Å². The summed E-state index contributed by atoms with van der Waals surface area (Å²) < 4.78 is 0. The van der Waals surface area contributed by atoms with E-state index in [2.05, 4.69) is 0 Å². The zero-order chi connectivity index (χ0) is 5.86. The van der Waals surface area contributed by atoms with Crippen molar-refractivity contribution < 1.29 is 5.11 Å². The third kappa shape index (κ3) is 5.41. The quantitative estimate of drug-likeness (QED) is 0.269. The van der Waals surface area contributed by atoms with Gasteiger partial charge in [-0.25, -0.2) is 0 Å². The van der Waals surface area contributed by atoms with E-state index in [1.807, 2.05) is 19.9 Å². The minimum Gasteiger partial charge on any atom is -0.516 e. The molecule has 0 heterocycles. The Hall–Kier alpha value is -0.590. The normalized spacial score (nSPS) is 11.6. The van der Waals surface area contributed by atoms with Crippen molar-refractivity contribution >= 4 is 0 Å². The van der Waals surface area contributed by atoms with Gasteiger partial charge in [0.25, 0.3) is 0 Å². The third-order valence-corrected chi connectivity index (χ3v) is 0.505. The second-order valence-electron chi connectivity index (χ2n) is 1.90. The molecule has 0 aromatic rings. The minimum absolute atomic E-state index is 0.625. The van der Waals surface area contributed by atoms with Gasteiger partial charge in [0.2, 0.25) is 0 Å².